The lowest BCUT2D eigenvalue weighted by atomic mass is 10.1. The monoisotopic (exact) mass is 428 g/mol. The van der Waals surface area contributed by atoms with Gasteiger partial charge in [-0.25, -0.2) is 0 Å². The van der Waals surface area contributed by atoms with Crippen LogP contribution in [0, 0.1) is 0 Å². The number of carbonyl (C=O) groups is 2. The van der Waals surface area contributed by atoms with Crippen LogP contribution in [0.2, 0.25) is 5.02 Å². The molecule has 2 aromatic rings. The summed E-state index contributed by atoms with van der Waals surface area (Å²) in [6, 6.07) is 16.5. The van der Waals surface area contributed by atoms with E-state index in [4.69, 9.17) is 11.6 Å². The SMILES string of the molecule is CCCCCCCCC(=O)NCCCN(C(=O)c1ccc(Cl)cc1)c1ccccc1. The van der Waals surface area contributed by atoms with Gasteiger partial charge in [-0.3, -0.25) is 9.59 Å². The van der Waals surface area contributed by atoms with Gasteiger partial charge in [-0.05, 0) is 49.2 Å². The zero-order chi connectivity index (χ0) is 21.6. The van der Waals surface area contributed by atoms with E-state index in [2.05, 4.69) is 12.2 Å². The summed E-state index contributed by atoms with van der Waals surface area (Å²) >= 11 is 5.95. The number of benzene rings is 2. The fourth-order valence-electron chi connectivity index (χ4n) is 3.32. The van der Waals surface area contributed by atoms with Crippen molar-refractivity contribution in [2.24, 2.45) is 0 Å². The lowest BCUT2D eigenvalue weighted by Gasteiger charge is -2.23. The molecule has 5 heteroatoms. The molecule has 0 saturated heterocycles. The molecule has 0 spiro atoms. The van der Waals surface area contributed by atoms with Crippen LogP contribution < -0.4 is 10.2 Å². The molecule has 4 nitrogen and oxygen atoms in total. The van der Waals surface area contributed by atoms with Gasteiger partial charge in [0.15, 0.2) is 0 Å². The average Bonchev–Trinajstić information content (AvgIpc) is 2.77. The van der Waals surface area contributed by atoms with Gasteiger partial charge in [0.25, 0.3) is 5.91 Å². The molecule has 0 fully saturated rings. The summed E-state index contributed by atoms with van der Waals surface area (Å²) in [5.74, 6) is 0.0250. The van der Waals surface area contributed by atoms with E-state index >= 15 is 0 Å². The highest BCUT2D eigenvalue weighted by Gasteiger charge is 2.17. The largest absolute Gasteiger partial charge is 0.356 e. The summed E-state index contributed by atoms with van der Waals surface area (Å²) in [4.78, 5) is 26.8. The van der Waals surface area contributed by atoms with Gasteiger partial charge >= 0.3 is 0 Å². The summed E-state index contributed by atoms with van der Waals surface area (Å²) in [5, 5.41) is 3.59. The molecule has 2 aromatic carbocycles. The first-order valence-corrected chi connectivity index (χ1v) is 11.4. The van der Waals surface area contributed by atoms with Gasteiger partial charge in [-0.1, -0.05) is 68.8 Å². The molecule has 30 heavy (non-hydrogen) atoms. The number of hydrogen-bond acceptors (Lipinski definition) is 2. The number of carbonyl (C=O) groups excluding carboxylic acids is 2. The van der Waals surface area contributed by atoms with Gasteiger partial charge in [-0.2, -0.15) is 0 Å². The minimum atomic E-state index is -0.0729. The molecule has 0 aromatic heterocycles. The normalized spacial score (nSPS) is 10.6. The molecular weight excluding hydrogens is 396 g/mol. The zero-order valence-electron chi connectivity index (χ0n) is 17.9. The van der Waals surface area contributed by atoms with Crippen LogP contribution in [0.25, 0.3) is 0 Å². The van der Waals surface area contributed by atoms with Crippen molar-refractivity contribution in [3.63, 3.8) is 0 Å². The number of nitrogens with zero attached hydrogens (tertiary/aromatic N) is 1. The number of anilines is 1. The lowest BCUT2D eigenvalue weighted by molar-refractivity contribution is -0.121. The predicted octanol–water partition coefficient (Wildman–Crippen LogP) is 6.24. The molecule has 0 aliphatic heterocycles. The highest BCUT2D eigenvalue weighted by atomic mass is 35.5. The van der Waals surface area contributed by atoms with Crippen molar-refractivity contribution >= 4 is 29.1 Å². The fourth-order valence-corrected chi connectivity index (χ4v) is 3.45. The minimum absolute atomic E-state index is 0.0729. The molecule has 2 amide bonds. The number of amides is 2. The Hall–Kier alpha value is -2.33. The fraction of sp³-hybridized carbons (Fsp3) is 0.440. The minimum Gasteiger partial charge on any atom is -0.356 e. The van der Waals surface area contributed by atoms with Crippen molar-refractivity contribution in [1.29, 1.82) is 0 Å². The first kappa shape index (κ1) is 23.9. The van der Waals surface area contributed by atoms with E-state index in [0.717, 1.165) is 18.5 Å². The average molecular weight is 429 g/mol. The number of rotatable bonds is 13. The Morgan fingerprint density at radius 3 is 2.23 bits per heavy atom. The van der Waals surface area contributed by atoms with E-state index in [1.165, 1.54) is 25.7 Å². The molecule has 162 valence electrons. The van der Waals surface area contributed by atoms with Crippen molar-refractivity contribution in [1.82, 2.24) is 5.32 Å². The second-order valence-electron chi connectivity index (χ2n) is 7.52. The molecule has 0 unspecified atom stereocenters. The van der Waals surface area contributed by atoms with E-state index in [1.807, 2.05) is 30.3 Å². The quantitative estimate of drug-likeness (QED) is 0.383. The standard InChI is InChI=1S/C25H33ClN2O2/c1-2-3-4-5-6-10-14-24(29)27-19-11-20-28(23-12-8-7-9-13-23)25(30)21-15-17-22(26)18-16-21/h7-9,12-13,15-18H,2-6,10-11,14,19-20H2,1H3,(H,27,29). The Bertz CT molecular complexity index is 762. The zero-order valence-corrected chi connectivity index (χ0v) is 18.7. The molecule has 1 N–H and O–H groups in total. The van der Waals surface area contributed by atoms with Crippen molar-refractivity contribution in [3.8, 4) is 0 Å². The molecule has 0 bridgehead atoms. The molecule has 2 rings (SSSR count). The number of nitrogens with one attached hydrogen (secondary N) is 1. The van der Waals surface area contributed by atoms with Gasteiger partial charge in [0.1, 0.15) is 0 Å². The molecule has 0 atom stereocenters. The van der Waals surface area contributed by atoms with Crippen molar-refractivity contribution in [2.75, 3.05) is 18.0 Å². The maximum absolute atomic E-state index is 13.0. The van der Waals surface area contributed by atoms with Crippen LogP contribution in [-0.2, 0) is 4.79 Å². The summed E-state index contributed by atoms with van der Waals surface area (Å²) in [7, 11) is 0. The maximum Gasteiger partial charge on any atom is 0.258 e. The number of para-hydroxylation sites is 1. The molecule has 0 aliphatic carbocycles. The van der Waals surface area contributed by atoms with Crippen molar-refractivity contribution in [2.45, 2.75) is 58.3 Å². The van der Waals surface area contributed by atoms with Gasteiger partial charge in [0, 0.05) is 35.8 Å². The lowest BCUT2D eigenvalue weighted by Crippen LogP contribution is -2.34. The van der Waals surface area contributed by atoms with Gasteiger partial charge < -0.3 is 10.2 Å². The van der Waals surface area contributed by atoms with E-state index in [9.17, 15) is 9.59 Å². The summed E-state index contributed by atoms with van der Waals surface area (Å²) < 4.78 is 0. The summed E-state index contributed by atoms with van der Waals surface area (Å²) in [5.41, 5.74) is 1.44. The third-order valence-corrected chi connectivity index (χ3v) is 5.29. The van der Waals surface area contributed by atoms with E-state index in [0.29, 0.717) is 36.5 Å². The molecule has 0 aliphatic rings. The first-order valence-electron chi connectivity index (χ1n) is 11.0. The molecular formula is C25H33ClN2O2. The third kappa shape index (κ3) is 8.58. The van der Waals surface area contributed by atoms with E-state index in [-0.39, 0.29) is 11.8 Å². The molecule has 0 heterocycles. The van der Waals surface area contributed by atoms with Crippen molar-refractivity contribution in [3.05, 3.63) is 65.2 Å². The predicted molar refractivity (Wildman–Crippen MR) is 125 cm³/mol. The van der Waals surface area contributed by atoms with Crippen LogP contribution >= 0.6 is 11.6 Å². The van der Waals surface area contributed by atoms with Gasteiger partial charge in [0.2, 0.25) is 5.91 Å². The van der Waals surface area contributed by atoms with Crippen LogP contribution in [-0.4, -0.2) is 24.9 Å². The maximum atomic E-state index is 13.0. The van der Waals surface area contributed by atoms with E-state index in [1.54, 1.807) is 29.2 Å². The van der Waals surface area contributed by atoms with Crippen LogP contribution in [0.5, 0.6) is 0 Å². The van der Waals surface area contributed by atoms with Crippen molar-refractivity contribution < 1.29 is 9.59 Å². The first-order chi connectivity index (χ1) is 14.6. The topological polar surface area (TPSA) is 49.4 Å². The Labute approximate surface area is 185 Å². The van der Waals surface area contributed by atoms with Crippen LogP contribution in [0.1, 0.15) is 68.6 Å². The number of unbranched alkanes of at least 4 members (excludes halogenated alkanes) is 5. The van der Waals surface area contributed by atoms with Crippen LogP contribution in [0.3, 0.4) is 0 Å². The van der Waals surface area contributed by atoms with Crippen LogP contribution in [0.4, 0.5) is 5.69 Å². The second-order valence-corrected chi connectivity index (χ2v) is 7.96. The summed E-state index contributed by atoms with van der Waals surface area (Å²) in [6.45, 7) is 3.30. The smallest absolute Gasteiger partial charge is 0.258 e. The Morgan fingerprint density at radius 2 is 1.53 bits per heavy atom. The molecule has 0 saturated carbocycles. The number of halogens is 1. The van der Waals surface area contributed by atoms with Crippen LogP contribution in [0.15, 0.2) is 54.6 Å². The second kappa shape index (κ2) is 13.8. The Balaban J connectivity index is 1.80. The number of hydrogen-bond donors (Lipinski definition) is 1. The third-order valence-electron chi connectivity index (χ3n) is 5.04. The van der Waals surface area contributed by atoms with Gasteiger partial charge in [-0.15, -0.1) is 0 Å². The summed E-state index contributed by atoms with van der Waals surface area (Å²) in [6.07, 6.45) is 8.31. The van der Waals surface area contributed by atoms with E-state index < -0.39 is 0 Å². The highest BCUT2D eigenvalue weighted by molar-refractivity contribution is 6.30. The van der Waals surface area contributed by atoms with Gasteiger partial charge in [0.05, 0.1) is 0 Å². The Kier molecular flexibility index (Phi) is 11.0. The Morgan fingerprint density at radius 1 is 0.867 bits per heavy atom. The highest BCUT2D eigenvalue weighted by Crippen LogP contribution is 2.18. The molecule has 0 radical (unpaired) electrons.